The number of hydrogen-bond donors (Lipinski definition) is 3. The first kappa shape index (κ1) is 16.0. The number of hydrogen-bond acceptors (Lipinski definition) is 4. The van der Waals surface area contributed by atoms with E-state index >= 15 is 0 Å². The third kappa shape index (κ3) is 4.07. The number of likely N-dealkylation sites (tertiary alicyclic amines) is 1. The van der Waals surface area contributed by atoms with Crippen LogP contribution in [-0.4, -0.2) is 76.9 Å². The molecule has 120 valence electrons. The summed E-state index contributed by atoms with van der Waals surface area (Å²) in [4.78, 5) is 26.6. The van der Waals surface area contributed by atoms with Crippen LogP contribution in [0, 0.1) is 0 Å². The summed E-state index contributed by atoms with van der Waals surface area (Å²) in [5.74, 6) is -1.07. The largest absolute Gasteiger partial charge is 0.480 e. The van der Waals surface area contributed by atoms with Crippen LogP contribution in [0.3, 0.4) is 0 Å². The number of nitrogens with one attached hydrogen (secondary N) is 1. The van der Waals surface area contributed by atoms with E-state index in [1.54, 1.807) is 0 Å². The molecule has 7 nitrogen and oxygen atoms in total. The summed E-state index contributed by atoms with van der Waals surface area (Å²) in [7, 11) is 2.06. The molecule has 2 fully saturated rings. The molecule has 3 N–H and O–H groups in total. The molecule has 0 spiro atoms. The number of carboxylic acid groups (broad SMARTS) is 1. The molecule has 0 radical (unpaired) electrons. The smallest absolute Gasteiger partial charge is 0.326 e. The van der Waals surface area contributed by atoms with Gasteiger partial charge in [-0.3, -0.25) is 0 Å². The van der Waals surface area contributed by atoms with Gasteiger partial charge in [-0.15, -0.1) is 0 Å². The standard InChI is InChI=1S/C14H25N3O4/c1-16(10-4-2-3-5-10)7-6-15-14(21)17-9-11(18)8-12(17)13(19)20/h10-12,18H,2-9H2,1H3,(H,15,21)(H,19,20)/t11?,12-/m0/s1. The van der Waals surface area contributed by atoms with Crippen molar-refractivity contribution in [1.82, 2.24) is 15.1 Å². The Morgan fingerprint density at radius 3 is 2.62 bits per heavy atom. The van der Waals surface area contributed by atoms with Gasteiger partial charge in [-0.1, -0.05) is 12.8 Å². The number of nitrogens with zero attached hydrogens (tertiary/aromatic N) is 2. The average molecular weight is 299 g/mol. The van der Waals surface area contributed by atoms with E-state index in [-0.39, 0.29) is 13.0 Å². The van der Waals surface area contributed by atoms with Crippen LogP contribution < -0.4 is 5.32 Å². The Balaban J connectivity index is 1.74. The highest BCUT2D eigenvalue weighted by Gasteiger charge is 2.38. The lowest BCUT2D eigenvalue weighted by Gasteiger charge is -2.25. The van der Waals surface area contributed by atoms with Crippen LogP contribution in [0.1, 0.15) is 32.1 Å². The van der Waals surface area contributed by atoms with Crippen molar-refractivity contribution in [3.05, 3.63) is 0 Å². The number of likely N-dealkylation sites (N-methyl/N-ethyl adjacent to an activating group) is 1. The fraction of sp³-hybridized carbons (Fsp3) is 0.857. The van der Waals surface area contributed by atoms with Crippen molar-refractivity contribution in [3.63, 3.8) is 0 Å². The predicted octanol–water partition coefficient (Wildman–Crippen LogP) is 0.0902. The molecule has 2 atom stereocenters. The number of β-amino-alcohol motifs (C(OH)–C–C–N with tert-alkyl or cyclic N) is 1. The second kappa shape index (κ2) is 7.09. The maximum absolute atomic E-state index is 12.0. The van der Waals surface area contributed by atoms with Crippen LogP contribution in [0.4, 0.5) is 4.79 Å². The zero-order valence-electron chi connectivity index (χ0n) is 12.5. The molecule has 0 aromatic carbocycles. The maximum Gasteiger partial charge on any atom is 0.326 e. The number of carbonyl (C=O) groups is 2. The van der Waals surface area contributed by atoms with Crippen molar-refractivity contribution in [1.29, 1.82) is 0 Å². The molecule has 2 rings (SSSR count). The number of aliphatic hydroxyl groups is 1. The Labute approximate surface area is 124 Å². The van der Waals surface area contributed by atoms with Crippen LogP contribution >= 0.6 is 0 Å². The van der Waals surface area contributed by atoms with E-state index in [4.69, 9.17) is 5.11 Å². The summed E-state index contributed by atoms with van der Waals surface area (Å²) in [5, 5.41) is 21.4. The van der Waals surface area contributed by atoms with Gasteiger partial charge >= 0.3 is 12.0 Å². The monoisotopic (exact) mass is 299 g/mol. The van der Waals surface area contributed by atoms with Gasteiger partial charge in [0.1, 0.15) is 6.04 Å². The van der Waals surface area contributed by atoms with Crippen LogP contribution in [0.25, 0.3) is 0 Å². The Kier molecular flexibility index (Phi) is 5.41. The van der Waals surface area contributed by atoms with Gasteiger partial charge in [-0.25, -0.2) is 9.59 Å². The first-order valence-electron chi connectivity index (χ1n) is 7.64. The quantitative estimate of drug-likeness (QED) is 0.669. The fourth-order valence-corrected chi connectivity index (χ4v) is 3.24. The minimum Gasteiger partial charge on any atom is -0.480 e. The highest BCUT2D eigenvalue weighted by Crippen LogP contribution is 2.22. The molecule has 21 heavy (non-hydrogen) atoms. The maximum atomic E-state index is 12.0. The molecular formula is C14H25N3O4. The van der Waals surface area contributed by atoms with E-state index in [0.29, 0.717) is 12.6 Å². The Bertz CT molecular complexity index is 384. The lowest BCUT2D eigenvalue weighted by atomic mass is 10.2. The number of carboxylic acids is 1. The van der Waals surface area contributed by atoms with Crippen LogP contribution in [0.15, 0.2) is 0 Å². The van der Waals surface area contributed by atoms with Crippen LogP contribution in [-0.2, 0) is 4.79 Å². The van der Waals surface area contributed by atoms with Crippen molar-refractivity contribution >= 4 is 12.0 Å². The summed E-state index contributed by atoms with van der Waals surface area (Å²) in [5.41, 5.74) is 0. The highest BCUT2D eigenvalue weighted by atomic mass is 16.4. The van der Waals surface area contributed by atoms with Gasteiger partial charge < -0.3 is 25.3 Å². The fourth-order valence-electron chi connectivity index (χ4n) is 3.24. The molecule has 2 aliphatic rings. The molecule has 0 bridgehead atoms. The number of aliphatic carboxylic acids is 1. The van der Waals surface area contributed by atoms with Gasteiger partial charge in [0.15, 0.2) is 0 Å². The molecular weight excluding hydrogens is 274 g/mol. The van der Waals surface area contributed by atoms with Crippen molar-refractivity contribution < 1.29 is 19.8 Å². The first-order chi connectivity index (χ1) is 9.99. The summed E-state index contributed by atoms with van der Waals surface area (Å²) in [6, 6.07) is -0.728. The third-order valence-corrected chi connectivity index (χ3v) is 4.51. The van der Waals surface area contributed by atoms with E-state index in [1.807, 2.05) is 0 Å². The van der Waals surface area contributed by atoms with Crippen LogP contribution in [0.2, 0.25) is 0 Å². The SMILES string of the molecule is CN(CCNC(=O)N1CC(O)C[C@H]1C(=O)O)C1CCCC1. The van der Waals surface area contributed by atoms with E-state index in [9.17, 15) is 14.7 Å². The Morgan fingerprint density at radius 2 is 2.00 bits per heavy atom. The van der Waals surface area contributed by atoms with E-state index in [1.165, 1.54) is 30.6 Å². The summed E-state index contributed by atoms with van der Waals surface area (Å²) < 4.78 is 0. The molecule has 1 aliphatic heterocycles. The third-order valence-electron chi connectivity index (χ3n) is 4.51. The Hall–Kier alpha value is -1.34. The van der Waals surface area contributed by atoms with Gasteiger partial charge in [0, 0.05) is 32.1 Å². The summed E-state index contributed by atoms with van der Waals surface area (Å²) in [6.45, 7) is 1.33. The van der Waals surface area contributed by atoms with Crippen molar-refractivity contribution in [2.24, 2.45) is 0 Å². The zero-order valence-corrected chi connectivity index (χ0v) is 12.5. The minimum atomic E-state index is -1.07. The van der Waals surface area contributed by atoms with Crippen LogP contribution in [0.5, 0.6) is 0 Å². The molecule has 1 unspecified atom stereocenters. The summed E-state index contributed by atoms with van der Waals surface area (Å²) in [6.07, 6.45) is 4.32. The van der Waals surface area contributed by atoms with Crippen molar-refractivity contribution in [2.45, 2.75) is 50.3 Å². The zero-order chi connectivity index (χ0) is 15.4. The number of carbonyl (C=O) groups excluding carboxylic acids is 1. The molecule has 1 saturated heterocycles. The summed E-state index contributed by atoms with van der Waals surface area (Å²) >= 11 is 0. The van der Waals surface area contributed by atoms with Gasteiger partial charge in [0.05, 0.1) is 6.10 Å². The van der Waals surface area contributed by atoms with E-state index < -0.39 is 24.1 Å². The molecule has 1 saturated carbocycles. The lowest BCUT2D eigenvalue weighted by molar-refractivity contribution is -0.141. The second-order valence-corrected chi connectivity index (χ2v) is 6.05. The topological polar surface area (TPSA) is 93.1 Å². The molecule has 7 heteroatoms. The lowest BCUT2D eigenvalue weighted by Crippen LogP contribution is -2.48. The molecule has 1 heterocycles. The predicted molar refractivity (Wildman–Crippen MR) is 77.0 cm³/mol. The van der Waals surface area contributed by atoms with Gasteiger partial charge in [0.25, 0.3) is 0 Å². The number of urea groups is 1. The molecule has 2 amide bonds. The van der Waals surface area contributed by atoms with Gasteiger partial charge in [0.2, 0.25) is 0 Å². The Morgan fingerprint density at radius 1 is 1.33 bits per heavy atom. The minimum absolute atomic E-state index is 0.0846. The number of amides is 2. The van der Waals surface area contributed by atoms with Crippen molar-refractivity contribution in [3.8, 4) is 0 Å². The molecule has 0 aromatic rings. The average Bonchev–Trinajstić information content (AvgIpc) is 3.07. The number of rotatable bonds is 5. The number of aliphatic hydroxyl groups excluding tert-OH is 1. The van der Waals surface area contributed by atoms with Crippen molar-refractivity contribution in [2.75, 3.05) is 26.7 Å². The molecule has 0 aromatic heterocycles. The first-order valence-corrected chi connectivity index (χ1v) is 7.64. The second-order valence-electron chi connectivity index (χ2n) is 6.05. The normalized spacial score (nSPS) is 26.5. The van der Waals surface area contributed by atoms with Gasteiger partial charge in [-0.05, 0) is 19.9 Å². The van der Waals surface area contributed by atoms with Gasteiger partial charge in [-0.2, -0.15) is 0 Å². The molecule has 1 aliphatic carbocycles. The van der Waals surface area contributed by atoms with E-state index in [0.717, 1.165) is 6.54 Å². The van der Waals surface area contributed by atoms with E-state index in [2.05, 4.69) is 17.3 Å². The highest BCUT2D eigenvalue weighted by molar-refractivity contribution is 5.83.